The van der Waals surface area contributed by atoms with Crippen LogP contribution in [0.4, 0.5) is 5.69 Å². The van der Waals surface area contributed by atoms with Gasteiger partial charge < -0.3 is 15.4 Å². The molecule has 3 nitrogen and oxygen atoms in total. The highest BCUT2D eigenvalue weighted by Crippen LogP contribution is 2.24. The number of benzene rings is 2. The van der Waals surface area contributed by atoms with Gasteiger partial charge in [0.05, 0.1) is 13.2 Å². The number of hydrogen-bond donors (Lipinski definition) is 2. The van der Waals surface area contributed by atoms with Gasteiger partial charge in [-0.15, -0.1) is 0 Å². The van der Waals surface area contributed by atoms with E-state index in [-0.39, 0.29) is 6.04 Å². The van der Waals surface area contributed by atoms with E-state index in [0.29, 0.717) is 5.11 Å². The van der Waals surface area contributed by atoms with Crippen LogP contribution >= 0.6 is 12.2 Å². The molecule has 0 bridgehead atoms. The summed E-state index contributed by atoms with van der Waals surface area (Å²) in [6.07, 6.45) is 0.946. The highest BCUT2D eigenvalue weighted by Gasteiger charge is 2.12. The van der Waals surface area contributed by atoms with Gasteiger partial charge >= 0.3 is 0 Å². The molecule has 0 fully saturated rings. The third kappa shape index (κ3) is 4.70. The monoisotopic (exact) mass is 328 g/mol. The third-order valence-electron chi connectivity index (χ3n) is 3.84. The van der Waals surface area contributed by atoms with E-state index < -0.39 is 0 Å². The van der Waals surface area contributed by atoms with Gasteiger partial charge in [-0.25, -0.2) is 0 Å². The first-order chi connectivity index (χ1) is 11.0. The fraction of sp³-hybridized carbons (Fsp3) is 0.316. The second kappa shape index (κ2) is 7.97. The predicted molar refractivity (Wildman–Crippen MR) is 101 cm³/mol. The summed E-state index contributed by atoms with van der Waals surface area (Å²) in [7, 11) is 1.69. The van der Waals surface area contributed by atoms with Crippen molar-refractivity contribution >= 4 is 23.0 Å². The SMILES string of the molecule is CCC(NC(=S)Nc1ccc(C)cc1)c1ccc(OC)c(C)c1. The third-order valence-corrected chi connectivity index (χ3v) is 4.06. The minimum absolute atomic E-state index is 0.171. The fourth-order valence-electron chi connectivity index (χ4n) is 2.50. The van der Waals surface area contributed by atoms with Gasteiger partial charge in [0.2, 0.25) is 0 Å². The van der Waals surface area contributed by atoms with Crippen LogP contribution in [-0.4, -0.2) is 12.2 Å². The maximum atomic E-state index is 5.45. The second-order valence-corrected chi connectivity index (χ2v) is 6.06. The molecule has 0 amide bonds. The van der Waals surface area contributed by atoms with Crippen LogP contribution in [0.2, 0.25) is 0 Å². The van der Waals surface area contributed by atoms with Crippen LogP contribution in [0.1, 0.15) is 36.1 Å². The van der Waals surface area contributed by atoms with Crippen molar-refractivity contribution in [1.29, 1.82) is 0 Å². The second-order valence-electron chi connectivity index (χ2n) is 5.65. The van der Waals surface area contributed by atoms with Crippen molar-refractivity contribution in [3.63, 3.8) is 0 Å². The zero-order valence-corrected chi connectivity index (χ0v) is 15.0. The molecular formula is C19H24N2OS. The predicted octanol–water partition coefficient (Wildman–Crippen LogP) is 4.75. The van der Waals surface area contributed by atoms with E-state index in [2.05, 4.69) is 55.7 Å². The molecule has 2 aromatic rings. The van der Waals surface area contributed by atoms with Gasteiger partial charge in [0.15, 0.2) is 5.11 Å². The summed E-state index contributed by atoms with van der Waals surface area (Å²) in [5.41, 5.74) is 4.56. The lowest BCUT2D eigenvalue weighted by Gasteiger charge is -2.21. The fourth-order valence-corrected chi connectivity index (χ4v) is 2.76. The minimum Gasteiger partial charge on any atom is -0.496 e. The summed E-state index contributed by atoms with van der Waals surface area (Å²) in [6.45, 7) is 6.27. The highest BCUT2D eigenvalue weighted by molar-refractivity contribution is 7.80. The Morgan fingerprint density at radius 3 is 2.39 bits per heavy atom. The van der Waals surface area contributed by atoms with E-state index in [9.17, 15) is 0 Å². The molecule has 0 aliphatic heterocycles. The molecule has 0 aliphatic carbocycles. The number of nitrogens with one attached hydrogen (secondary N) is 2. The number of rotatable bonds is 5. The van der Waals surface area contributed by atoms with E-state index in [1.54, 1.807) is 7.11 Å². The average molecular weight is 328 g/mol. The molecule has 0 radical (unpaired) electrons. The Balaban J connectivity index is 2.05. The highest BCUT2D eigenvalue weighted by atomic mass is 32.1. The molecule has 2 N–H and O–H groups in total. The van der Waals surface area contributed by atoms with Crippen LogP contribution in [0.5, 0.6) is 5.75 Å². The molecular weight excluding hydrogens is 304 g/mol. The maximum absolute atomic E-state index is 5.45. The van der Waals surface area contributed by atoms with E-state index in [4.69, 9.17) is 17.0 Å². The van der Waals surface area contributed by atoms with E-state index in [1.165, 1.54) is 11.1 Å². The number of aryl methyl sites for hydroxylation is 2. The number of ether oxygens (including phenoxy) is 1. The van der Waals surface area contributed by atoms with Crippen molar-refractivity contribution in [2.45, 2.75) is 33.2 Å². The zero-order valence-electron chi connectivity index (χ0n) is 14.1. The smallest absolute Gasteiger partial charge is 0.171 e. The maximum Gasteiger partial charge on any atom is 0.171 e. The van der Waals surface area contributed by atoms with Gasteiger partial charge in [0.25, 0.3) is 0 Å². The van der Waals surface area contributed by atoms with Crippen LogP contribution < -0.4 is 15.4 Å². The van der Waals surface area contributed by atoms with Crippen molar-refractivity contribution < 1.29 is 4.74 Å². The van der Waals surface area contributed by atoms with Crippen molar-refractivity contribution in [3.8, 4) is 5.75 Å². The minimum atomic E-state index is 0.171. The van der Waals surface area contributed by atoms with Gasteiger partial charge in [-0.3, -0.25) is 0 Å². The molecule has 0 saturated heterocycles. The molecule has 0 heterocycles. The van der Waals surface area contributed by atoms with Crippen molar-refractivity contribution in [2.24, 2.45) is 0 Å². The van der Waals surface area contributed by atoms with E-state index in [0.717, 1.165) is 23.4 Å². The van der Waals surface area contributed by atoms with E-state index >= 15 is 0 Å². The van der Waals surface area contributed by atoms with Crippen LogP contribution in [-0.2, 0) is 0 Å². The number of anilines is 1. The lowest BCUT2D eigenvalue weighted by Crippen LogP contribution is -2.32. The Bertz CT molecular complexity index is 668. The normalized spacial score (nSPS) is 11.7. The van der Waals surface area contributed by atoms with Gasteiger partial charge in [0, 0.05) is 5.69 Å². The molecule has 0 spiro atoms. The first kappa shape index (κ1) is 17.3. The summed E-state index contributed by atoms with van der Waals surface area (Å²) in [6, 6.07) is 14.6. The summed E-state index contributed by atoms with van der Waals surface area (Å²) in [5.74, 6) is 0.906. The Labute approximate surface area is 144 Å². The van der Waals surface area contributed by atoms with Gasteiger partial charge in [0.1, 0.15) is 5.75 Å². The van der Waals surface area contributed by atoms with Gasteiger partial charge in [-0.2, -0.15) is 0 Å². The molecule has 4 heteroatoms. The number of thiocarbonyl (C=S) groups is 1. The lowest BCUT2D eigenvalue weighted by molar-refractivity contribution is 0.411. The molecule has 1 atom stereocenters. The molecule has 0 aliphatic rings. The molecule has 23 heavy (non-hydrogen) atoms. The summed E-state index contributed by atoms with van der Waals surface area (Å²) in [5, 5.41) is 7.26. The topological polar surface area (TPSA) is 33.3 Å². The van der Waals surface area contributed by atoms with Crippen molar-refractivity contribution in [1.82, 2.24) is 5.32 Å². The Morgan fingerprint density at radius 1 is 1.13 bits per heavy atom. The van der Waals surface area contributed by atoms with Crippen molar-refractivity contribution in [3.05, 3.63) is 59.2 Å². The van der Waals surface area contributed by atoms with Crippen LogP contribution in [0.25, 0.3) is 0 Å². The standard InChI is InChI=1S/C19H24N2OS/c1-5-17(15-8-11-18(22-4)14(3)12-15)21-19(23)20-16-9-6-13(2)7-10-16/h6-12,17H,5H2,1-4H3,(H2,20,21,23). The van der Waals surface area contributed by atoms with Gasteiger partial charge in [-0.05, 0) is 61.8 Å². The molecule has 0 saturated carbocycles. The zero-order chi connectivity index (χ0) is 16.8. The first-order valence-corrected chi connectivity index (χ1v) is 8.23. The molecule has 1 unspecified atom stereocenters. The molecule has 2 aromatic carbocycles. The number of hydrogen-bond acceptors (Lipinski definition) is 2. The summed E-state index contributed by atoms with van der Waals surface area (Å²) in [4.78, 5) is 0. The average Bonchev–Trinajstić information content (AvgIpc) is 2.54. The first-order valence-electron chi connectivity index (χ1n) is 7.82. The van der Waals surface area contributed by atoms with Gasteiger partial charge in [-0.1, -0.05) is 36.8 Å². The molecule has 2 rings (SSSR count). The quantitative estimate of drug-likeness (QED) is 0.776. The van der Waals surface area contributed by atoms with Crippen LogP contribution in [0, 0.1) is 13.8 Å². The van der Waals surface area contributed by atoms with Crippen molar-refractivity contribution in [2.75, 3.05) is 12.4 Å². The summed E-state index contributed by atoms with van der Waals surface area (Å²) >= 11 is 5.45. The van der Waals surface area contributed by atoms with Crippen LogP contribution in [0.15, 0.2) is 42.5 Å². The largest absolute Gasteiger partial charge is 0.496 e. The Hall–Kier alpha value is -2.07. The van der Waals surface area contributed by atoms with Crippen LogP contribution in [0.3, 0.4) is 0 Å². The molecule has 0 aromatic heterocycles. The van der Waals surface area contributed by atoms with E-state index in [1.807, 2.05) is 18.2 Å². The number of methoxy groups -OCH3 is 1. The Morgan fingerprint density at radius 2 is 1.83 bits per heavy atom. The lowest BCUT2D eigenvalue weighted by atomic mass is 10.0. The Kier molecular flexibility index (Phi) is 5.99. The summed E-state index contributed by atoms with van der Waals surface area (Å²) < 4.78 is 5.32. The molecule has 122 valence electrons.